The van der Waals surface area contributed by atoms with E-state index in [4.69, 9.17) is 9.47 Å². The molecule has 0 saturated heterocycles. The zero-order chi connectivity index (χ0) is 16.3. The fraction of sp³-hybridized carbons (Fsp3) is 0.800. The van der Waals surface area contributed by atoms with Crippen LogP contribution in [0.25, 0.3) is 0 Å². The van der Waals surface area contributed by atoms with Gasteiger partial charge in [0, 0.05) is 13.2 Å². The Balaban J connectivity index is 3.35. The van der Waals surface area contributed by atoms with Crippen LogP contribution in [0.5, 0.6) is 0 Å². The van der Waals surface area contributed by atoms with Crippen molar-refractivity contribution in [1.29, 1.82) is 0 Å². The zero-order valence-corrected chi connectivity index (χ0v) is 15.2. The monoisotopic (exact) mass is 310 g/mol. The predicted molar refractivity (Wildman–Crippen MR) is 97.2 cm³/mol. The molecule has 0 aliphatic carbocycles. The molecule has 22 heavy (non-hydrogen) atoms. The molecule has 2 nitrogen and oxygen atoms in total. The highest BCUT2D eigenvalue weighted by atomic mass is 16.7. The molecule has 0 spiro atoms. The van der Waals surface area contributed by atoms with Crippen molar-refractivity contribution in [1.82, 2.24) is 0 Å². The van der Waals surface area contributed by atoms with Gasteiger partial charge in [0.25, 0.3) is 0 Å². The van der Waals surface area contributed by atoms with E-state index < -0.39 is 0 Å². The largest absolute Gasteiger partial charge is 0.353 e. The Labute approximate surface area is 139 Å². The molecule has 0 unspecified atom stereocenters. The lowest BCUT2D eigenvalue weighted by Crippen LogP contribution is -2.17. The summed E-state index contributed by atoms with van der Waals surface area (Å²) in [6, 6.07) is 0. The average molecular weight is 311 g/mol. The maximum absolute atomic E-state index is 5.55. The standard InChI is InChI=1S/C20H38O2/c1-4-7-8-9-10-11-12-13-14-15-16-17-18-19-20(21-5-2)22-6-3/h9-12,20H,4-8,13-19H2,1-3H3/b10-9+,12-11+. The Morgan fingerprint density at radius 2 is 1.23 bits per heavy atom. The van der Waals surface area contributed by atoms with E-state index >= 15 is 0 Å². The SMILES string of the molecule is CCCC/C=C/C=C/CCCCCCCC(OCC)OCC. The summed E-state index contributed by atoms with van der Waals surface area (Å²) < 4.78 is 11.1. The average Bonchev–Trinajstić information content (AvgIpc) is 2.52. The maximum atomic E-state index is 5.55. The summed E-state index contributed by atoms with van der Waals surface area (Å²) in [7, 11) is 0. The molecular formula is C20H38O2. The van der Waals surface area contributed by atoms with Crippen LogP contribution >= 0.6 is 0 Å². The van der Waals surface area contributed by atoms with Crippen LogP contribution in [-0.2, 0) is 9.47 Å². The molecule has 0 aliphatic heterocycles. The van der Waals surface area contributed by atoms with Gasteiger partial charge in [-0.15, -0.1) is 0 Å². The Morgan fingerprint density at radius 1 is 0.682 bits per heavy atom. The molecule has 130 valence electrons. The highest BCUT2D eigenvalue weighted by Gasteiger charge is 2.06. The van der Waals surface area contributed by atoms with Crippen LogP contribution in [0.15, 0.2) is 24.3 Å². The van der Waals surface area contributed by atoms with Crippen molar-refractivity contribution in [3.8, 4) is 0 Å². The molecular weight excluding hydrogens is 272 g/mol. The van der Waals surface area contributed by atoms with Crippen molar-refractivity contribution in [3.63, 3.8) is 0 Å². The molecule has 0 saturated carbocycles. The van der Waals surface area contributed by atoms with Crippen molar-refractivity contribution in [2.24, 2.45) is 0 Å². The van der Waals surface area contributed by atoms with E-state index in [0.717, 1.165) is 19.6 Å². The van der Waals surface area contributed by atoms with Gasteiger partial charge >= 0.3 is 0 Å². The second-order valence-electron chi connectivity index (χ2n) is 5.68. The second-order valence-corrected chi connectivity index (χ2v) is 5.68. The Morgan fingerprint density at radius 3 is 1.82 bits per heavy atom. The number of rotatable bonds is 16. The molecule has 0 heterocycles. The van der Waals surface area contributed by atoms with Crippen molar-refractivity contribution < 1.29 is 9.47 Å². The third kappa shape index (κ3) is 15.8. The lowest BCUT2D eigenvalue weighted by Gasteiger charge is -2.16. The fourth-order valence-electron chi connectivity index (χ4n) is 2.36. The normalized spacial score (nSPS) is 12.2. The minimum atomic E-state index is 0.0115. The van der Waals surface area contributed by atoms with Crippen molar-refractivity contribution in [2.75, 3.05) is 13.2 Å². The van der Waals surface area contributed by atoms with E-state index in [1.54, 1.807) is 0 Å². The third-order valence-corrected chi connectivity index (χ3v) is 3.62. The lowest BCUT2D eigenvalue weighted by molar-refractivity contribution is -0.140. The molecule has 0 aromatic carbocycles. The van der Waals surface area contributed by atoms with E-state index in [2.05, 4.69) is 31.2 Å². The molecule has 0 amide bonds. The van der Waals surface area contributed by atoms with Crippen LogP contribution < -0.4 is 0 Å². The third-order valence-electron chi connectivity index (χ3n) is 3.62. The summed E-state index contributed by atoms with van der Waals surface area (Å²) in [5.74, 6) is 0. The van der Waals surface area contributed by atoms with Gasteiger partial charge < -0.3 is 9.47 Å². The summed E-state index contributed by atoms with van der Waals surface area (Å²) in [5.41, 5.74) is 0. The molecule has 0 radical (unpaired) electrons. The Hall–Kier alpha value is -0.600. The molecule has 0 aliphatic rings. The summed E-state index contributed by atoms with van der Waals surface area (Å²) in [6.45, 7) is 7.77. The van der Waals surface area contributed by atoms with Crippen LogP contribution in [0, 0.1) is 0 Å². The van der Waals surface area contributed by atoms with Crippen LogP contribution in [0.3, 0.4) is 0 Å². The van der Waals surface area contributed by atoms with E-state index in [-0.39, 0.29) is 6.29 Å². The summed E-state index contributed by atoms with van der Waals surface area (Å²) in [5, 5.41) is 0. The maximum Gasteiger partial charge on any atom is 0.157 e. The van der Waals surface area contributed by atoms with Gasteiger partial charge in [0.05, 0.1) is 0 Å². The first-order valence-electron chi connectivity index (χ1n) is 9.39. The van der Waals surface area contributed by atoms with E-state index in [1.807, 2.05) is 13.8 Å². The number of hydrogen-bond donors (Lipinski definition) is 0. The zero-order valence-electron chi connectivity index (χ0n) is 15.2. The molecule has 0 aromatic heterocycles. The number of unbranched alkanes of at least 4 members (excludes halogenated alkanes) is 7. The number of ether oxygens (including phenoxy) is 2. The van der Waals surface area contributed by atoms with Crippen molar-refractivity contribution in [2.45, 2.75) is 91.3 Å². The molecule has 0 atom stereocenters. The van der Waals surface area contributed by atoms with Crippen LogP contribution in [0.1, 0.15) is 85.0 Å². The number of hydrogen-bond acceptors (Lipinski definition) is 2. The molecule has 0 fully saturated rings. The predicted octanol–water partition coefficient (Wildman–Crippen LogP) is 6.42. The highest BCUT2D eigenvalue weighted by Crippen LogP contribution is 2.11. The minimum Gasteiger partial charge on any atom is -0.353 e. The van der Waals surface area contributed by atoms with E-state index in [1.165, 1.54) is 57.8 Å². The van der Waals surface area contributed by atoms with E-state index in [0.29, 0.717) is 0 Å². The van der Waals surface area contributed by atoms with Gasteiger partial charge in [0.1, 0.15) is 0 Å². The minimum absolute atomic E-state index is 0.0115. The second kappa shape index (κ2) is 18.4. The smallest absolute Gasteiger partial charge is 0.157 e. The lowest BCUT2D eigenvalue weighted by atomic mass is 10.1. The molecule has 0 N–H and O–H groups in total. The summed E-state index contributed by atoms with van der Waals surface area (Å²) in [4.78, 5) is 0. The first-order chi connectivity index (χ1) is 10.8. The molecule has 2 heteroatoms. The van der Waals surface area contributed by atoms with Crippen LogP contribution in [0.2, 0.25) is 0 Å². The van der Waals surface area contributed by atoms with Gasteiger partial charge in [-0.1, -0.05) is 63.3 Å². The van der Waals surface area contributed by atoms with Crippen LogP contribution in [-0.4, -0.2) is 19.5 Å². The highest BCUT2D eigenvalue weighted by molar-refractivity contribution is 5.02. The van der Waals surface area contributed by atoms with Gasteiger partial charge in [0.15, 0.2) is 6.29 Å². The quantitative estimate of drug-likeness (QED) is 0.186. The van der Waals surface area contributed by atoms with Gasteiger partial charge in [-0.25, -0.2) is 0 Å². The topological polar surface area (TPSA) is 18.5 Å². The molecule has 0 bridgehead atoms. The first kappa shape index (κ1) is 21.4. The van der Waals surface area contributed by atoms with Crippen molar-refractivity contribution in [3.05, 3.63) is 24.3 Å². The van der Waals surface area contributed by atoms with Crippen molar-refractivity contribution >= 4 is 0 Å². The van der Waals surface area contributed by atoms with Gasteiger partial charge in [-0.3, -0.25) is 0 Å². The van der Waals surface area contributed by atoms with Gasteiger partial charge in [0.2, 0.25) is 0 Å². The summed E-state index contributed by atoms with van der Waals surface area (Å²) >= 11 is 0. The Bertz CT molecular complexity index is 252. The summed E-state index contributed by atoms with van der Waals surface area (Å²) in [6.07, 6.45) is 21.5. The molecule has 0 aromatic rings. The van der Waals surface area contributed by atoms with Gasteiger partial charge in [-0.05, 0) is 46.0 Å². The van der Waals surface area contributed by atoms with E-state index in [9.17, 15) is 0 Å². The first-order valence-corrected chi connectivity index (χ1v) is 9.39. The van der Waals surface area contributed by atoms with Gasteiger partial charge in [-0.2, -0.15) is 0 Å². The Kier molecular flexibility index (Phi) is 17.9. The van der Waals surface area contributed by atoms with Crippen LogP contribution in [0.4, 0.5) is 0 Å². The number of allylic oxidation sites excluding steroid dienone is 4. The fourth-order valence-corrected chi connectivity index (χ4v) is 2.36. The molecule has 0 rings (SSSR count).